The fraction of sp³-hybridized carbons (Fsp3) is 0.174. The molecule has 5 nitrogen and oxygen atoms in total. The maximum atomic E-state index is 13.1. The molecule has 140 valence electrons. The number of nitrogens with zero attached hydrogens (tertiary/aromatic N) is 1. The predicted molar refractivity (Wildman–Crippen MR) is 105 cm³/mol. The summed E-state index contributed by atoms with van der Waals surface area (Å²) in [7, 11) is 1.40. The van der Waals surface area contributed by atoms with Gasteiger partial charge in [0.05, 0.1) is 12.0 Å². The summed E-state index contributed by atoms with van der Waals surface area (Å²) >= 11 is 0. The summed E-state index contributed by atoms with van der Waals surface area (Å²) in [5.74, 6) is -0.305. The number of ether oxygens (including phenoxy) is 1. The molecule has 1 saturated carbocycles. The Morgan fingerprint density at radius 1 is 0.857 bits per heavy atom. The summed E-state index contributed by atoms with van der Waals surface area (Å²) in [6, 6.07) is 25.9. The Hall–Kier alpha value is -3.47. The number of non-ortho nitro benzene ring substituents is 1. The van der Waals surface area contributed by atoms with E-state index in [0.717, 1.165) is 16.7 Å². The summed E-state index contributed by atoms with van der Waals surface area (Å²) in [5.41, 5.74) is 1.23. The molecule has 3 aromatic rings. The molecular formula is C23H19NO4. The van der Waals surface area contributed by atoms with Gasteiger partial charge in [-0.1, -0.05) is 72.8 Å². The summed E-state index contributed by atoms with van der Waals surface area (Å²) in [5, 5.41) is 11.1. The van der Waals surface area contributed by atoms with Gasteiger partial charge < -0.3 is 4.74 Å². The number of nitro groups is 1. The van der Waals surface area contributed by atoms with Crippen molar-refractivity contribution in [3.8, 4) is 0 Å². The van der Waals surface area contributed by atoms with Crippen molar-refractivity contribution in [2.45, 2.75) is 17.3 Å². The van der Waals surface area contributed by atoms with Gasteiger partial charge in [-0.25, -0.2) is 0 Å². The van der Waals surface area contributed by atoms with Crippen LogP contribution < -0.4 is 0 Å². The minimum absolute atomic E-state index is 0.0241. The van der Waals surface area contributed by atoms with Crippen LogP contribution >= 0.6 is 0 Å². The van der Waals surface area contributed by atoms with Gasteiger partial charge in [0.2, 0.25) is 0 Å². The van der Waals surface area contributed by atoms with Gasteiger partial charge in [0.1, 0.15) is 5.41 Å². The summed E-state index contributed by atoms with van der Waals surface area (Å²) in [6.07, 6.45) is 0.540. The van der Waals surface area contributed by atoms with E-state index in [-0.39, 0.29) is 11.7 Å². The van der Waals surface area contributed by atoms with Crippen molar-refractivity contribution in [1.82, 2.24) is 0 Å². The molecule has 2 atom stereocenters. The summed E-state index contributed by atoms with van der Waals surface area (Å²) in [6.45, 7) is 0. The Labute approximate surface area is 162 Å². The molecule has 0 aliphatic heterocycles. The molecule has 0 N–H and O–H groups in total. The average Bonchev–Trinajstić information content (AvgIpc) is 3.47. The van der Waals surface area contributed by atoms with Gasteiger partial charge in [0.15, 0.2) is 0 Å². The van der Waals surface area contributed by atoms with Crippen molar-refractivity contribution < 1.29 is 14.5 Å². The summed E-state index contributed by atoms with van der Waals surface area (Å²) in [4.78, 5) is 23.8. The van der Waals surface area contributed by atoms with E-state index in [0.29, 0.717) is 6.42 Å². The lowest BCUT2D eigenvalue weighted by atomic mass is 9.77. The van der Waals surface area contributed by atoms with E-state index in [2.05, 4.69) is 0 Å². The largest absolute Gasteiger partial charge is 0.468 e. The maximum absolute atomic E-state index is 13.1. The topological polar surface area (TPSA) is 69.4 Å². The Morgan fingerprint density at radius 2 is 1.36 bits per heavy atom. The molecule has 0 spiro atoms. The van der Waals surface area contributed by atoms with Crippen molar-refractivity contribution in [1.29, 1.82) is 0 Å². The second-order valence-electron chi connectivity index (χ2n) is 7.02. The maximum Gasteiger partial charge on any atom is 0.317 e. The molecule has 28 heavy (non-hydrogen) atoms. The van der Waals surface area contributed by atoms with E-state index in [1.54, 1.807) is 12.1 Å². The number of nitro benzene ring substituents is 1. The van der Waals surface area contributed by atoms with Crippen LogP contribution in [0.1, 0.15) is 23.1 Å². The zero-order valence-corrected chi connectivity index (χ0v) is 15.4. The number of hydrogen-bond donors (Lipinski definition) is 0. The number of methoxy groups -OCH3 is 1. The van der Waals surface area contributed by atoms with Gasteiger partial charge >= 0.3 is 5.97 Å². The van der Waals surface area contributed by atoms with Crippen LogP contribution in [0, 0.1) is 10.1 Å². The SMILES string of the molecule is COC(=O)[C@@]1(c2ccccc2)C[C@]1(c1ccccc1)c1ccc([N+](=O)[O-])cc1. The highest BCUT2D eigenvalue weighted by molar-refractivity contribution is 5.93. The van der Waals surface area contributed by atoms with Crippen LogP contribution in [0.3, 0.4) is 0 Å². The lowest BCUT2D eigenvalue weighted by molar-refractivity contribution is -0.384. The molecule has 0 radical (unpaired) electrons. The van der Waals surface area contributed by atoms with Crippen molar-refractivity contribution >= 4 is 11.7 Å². The summed E-state index contributed by atoms with van der Waals surface area (Å²) < 4.78 is 5.24. The molecule has 0 saturated heterocycles. The third-order valence-electron chi connectivity index (χ3n) is 5.77. The quantitative estimate of drug-likeness (QED) is 0.378. The van der Waals surface area contributed by atoms with Gasteiger partial charge in [-0.2, -0.15) is 0 Å². The number of benzene rings is 3. The first-order chi connectivity index (χ1) is 13.6. The van der Waals surface area contributed by atoms with Crippen LogP contribution in [0.2, 0.25) is 0 Å². The van der Waals surface area contributed by atoms with Crippen LogP contribution in [0.5, 0.6) is 0 Å². The average molecular weight is 373 g/mol. The Morgan fingerprint density at radius 3 is 1.86 bits per heavy atom. The minimum Gasteiger partial charge on any atom is -0.468 e. The van der Waals surface area contributed by atoms with Gasteiger partial charge in [0.25, 0.3) is 5.69 Å². The lowest BCUT2D eigenvalue weighted by Gasteiger charge is -2.26. The first-order valence-corrected chi connectivity index (χ1v) is 9.01. The fourth-order valence-corrected chi connectivity index (χ4v) is 4.42. The lowest BCUT2D eigenvalue weighted by Crippen LogP contribution is -2.32. The number of carbonyl (C=O) groups excluding carboxylic acids is 1. The molecule has 0 heterocycles. The monoisotopic (exact) mass is 373 g/mol. The van der Waals surface area contributed by atoms with E-state index < -0.39 is 15.8 Å². The molecule has 0 unspecified atom stereocenters. The Kier molecular flexibility index (Phi) is 4.23. The van der Waals surface area contributed by atoms with E-state index >= 15 is 0 Å². The molecule has 1 fully saturated rings. The zero-order chi connectivity index (χ0) is 19.8. The Balaban J connectivity index is 1.95. The van der Waals surface area contributed by atoms with Crippen molar-refractivity contribution in [3.05, 3.63) is 112 Å². The van der Waals surface area contributed by atoms with Crippen LogP contribution in [-0.4, -0.2) is 18.0 Å². The smallest absolute Gasteiger partial charge is 0.317 e. The van der Waals surface area contributed by atoms with E-state index in [9.17, 15) is 14.9 Å². The van der Waals surface area contributed by atoms with Crippen molar-refractivity contribution in [3.63, 3.8) is 0 Å². The predicted octanol–water partition coefficient (Wildman–Crippen LogP) is 4.40. The molecule has 1 aliphatic carbocycles. The molecule has 4 rings (SSSR count). The number of rotatable bonds is 5. The molecule has 0 aromatic heterocycles. The van der Waals surface area contributed by atoms with Crippen LogP contribution in [-0.2, 0) is 20.4 Å². The second-order valence-corrected chi connectivity index (χ2v) is 7.02. The van der Waals surface area contributed by atoms with Gasteiger partial charge in [-0.3, -0.25) is 14.9 Å². The van der Waals surface area contributed by atoms with Gasteiger partial charge in [-0.15, -0.1) is 0 Å². The van der Waals surface area contributed by atoms with Crippen LogP contribution in [0.25, 0.3) is 0 Å². The highest BCUT2D eigenvalue weighted by Crippen LogP contribution is 2.69. The van der Waals surface area contributed by atoms with E-state index in [1.165, 1.54) is 19.2 Å². The first kappa shape index (κ1) is 17.9. The van der Waals surface area contributed by atoms with E-state index in [1.807, 2.05) is 60.7 Å². The molecule has 0 bridgehead atoms. The number of hydrogen-bond acceptors (Lipinski definition) is 4. The number of esters is 1. The van der Waals surface area contributed by atoms with Gasteiger partial charge in [-0.05, 0) is 23.1 Å². The van der Waals surface area contributed by atoms with Crippen molar-refractivity contribution in [2.75, 3.05) is 7.11 Å². The van der Waals surface area contributed by atoms with Crippen LogP contribution in [0.15, 0.2) is 84.9 Å². The van der Waals surface area contributed by atoms with Crippen LogP contribution in [0.4, 0.5) is 5.69 Å². The third-order valence-corrected chi connectivity index (χ3v) is 5.77. The molecule has 3 aromatic carbocycles. The van der Waals surface area contributed by atoms with Crippen molar-refractivity contribution in [2.24, 2.45) is 0 Å². The minimum atomic E-state index is -0.875. The molecular weight excluding hydrogens is 354 g/mol. The molecule has 1 aliphatic rings. The first-order valence-electron chi connectivity index (χ1n) is 9.01. The highest BCUT2D eigenvalue weighted by atomic mass is 16.6. The second kappa shape index (κ2) is 6.60. The highest BCUT2D eigenvalue weighted by Gasteiger charge is 2.74. The normalized spacial score (nSPS) is 23.0. The third kappa shape index (κ3) is 2.43. The number of carbonyl (C=O) groups is 1. The fourth-order valence-electron chi connectivity index (χ4n) is 4.42. The zero-order valence-electron chi connectivity index (χ0n) is 15.4. The molecule has 5 heteroatoms. The Bertz CT molecular complexity index is 1020. The van der Waals surface area contributed by atoms with Gasteiger partial charge in [0, 0.05) is 17.5 Å². The molecule has 0 amide bonds. The standard InChI is InChI=1S/C23H19NO4/c1-28-21(25)23(18-10-6-3-7-11-18)16-22(23,17-8-4-2-5-9-17)19-12-14-20(15-13-19)24(26)27/h2-15H,16H2,1H3/t22-,23-/m0/s1. The van der Waals surface area contributed by atoms with E-state index in [4.69, 9.17) is 4.74 Å².